The summed E-state index contributed by atoms with van der Waals surface area (Å²) in [4.78, 5) is 26.6. The molecule has 1 unspecified atom stereocenters. The van der Waals surface area contributed by atoms with Gasteiger partial charge in [-0.1, -0.05) is 60.1 Å². The van der Waals surface area contributed by atoms with Crippen LogP contribution in [0.25, 0.3) is 0 Å². The first-order valence-corrected chi connectivity index (χ1v) is 14.2. The SMILES string of the molecule is Cc1cccc(COC2CCC[C@H](OCCN(CCc3ccc(Cl)cc3)C(=O)Nc3ccccc3)C2)c1C(=O)O. The van der Waals surface area contributed by atoms with Crippen LogP contribution in [0.1, 0.15) is 52.7 Å². The van der Waals surface area contributed by atoms with Crippen LogP contribution in [0.4, 0.5) is 10.5 Å². The van der Waals surface area contributed by atoms with E-state index in [1.54, 1.807) is 17.9 Å². The Morgan fingerprint density at radius 1 is 0.950 bits per heavy atom. The third-order valence-electron chi connectivity index (χ3n) is 7.24. The number of rotatable bonds is 12. The summed E-state index contributed by atoms with van der Waals surface area (Å²) in [5, 5.41) is 13.3. The average molecular weight is 565 g/mol. The summed E-state index contributed by atoms with van der Waals surface area (Å²) in [5.41, 5.74) is 3.59. The van der Waals surface area contributed by atoms with E-state index in [0.717, 1.165) is 42.5 Å². The lowest BCUT2D eigenvalue weighted by molar-refractivity contribution is -0.0522. The van der Waals surface area contributed by atoms with Gasteiger partial charge in [0.1, 0.15) is 0 Å². The number of anilines is 1. The number of carbonyl (C=O) groups excluding carboxylic acids is 1. The van der Waals surface area contributed by atoms with Crippen molar-refractivity contribution in [1.29, 1.82) is 0 Å². The molecule has 2 atom stereocenters. The van der Waals surface area contributed by atoms with Crippen LogP contribution in [0.3, 0.4) is 0 Å². The van der Waals surface area contributed by atoms with Crippen LogP contribution in [-0.2, 0) is 22.5 Å². The van der Waals surface area contributed by atoms with E-state index in [1.807, 2.05) is 66.7 Å². The molecule has 0 spiro atoms. The predicted molar refractivity (Wildman–Crippen MR) is 157 cm³/mol. The summed E-state index contributed by atoms with van der Waals surface area (Å²) < 4.78 is 12.4. The van der Waals surface area contributed by atoms with Gasteiger partial charge in [0.05, 0.1) is 31.0 Å². The number of ether oxygens (including phenoxy) is 2. The zero-order valence-electron chi connectivity index (χ0n) is 22.9. The number of urea groups is 1. The van der Waals surface area contributed by atoms with Crippen LogP contribution >= 0.6 is 11.6 Å². The molecule has 0 heterocycles. The van der Waals surface area contributed by atoms with Gasteiger partial charge in [0.25, 0.3) is 0 Å². The molecule has 1 fully saturated rings. The second-order valence-electron chi connectivity index (χ2n) is 10.2. The fourth-order valence-corrected chi connectivity index (χ4v) is 5.18. The molecule has 0 radical (unpaired) electrons. The molecule has 0 aliphatic heterocycles. The number of carboxylic acids is 1. The summed E-state index contributed by atoms with van der Waals surface area (Å²) in [6, 6.07) is 22.4. The molecule has 0 aromatic heterocycles. The molecule has 0 saturated heterocycles. The van der Waals surface area contributed by atoms with E-state index in [1.165, 1.54) is 0 Å². The molecule has 1 aliphatic carbocycles. The number of para-hydroxylation sites is 1. The maximum absolute atomic E-state index is 13.1. The minimum atomic E-state index is -0.932. The van der Waals surface area contributed by atoms with Crippen molar-refractivity contribution >= 4 is 29.3 Å². The van der Waals surface area contributed by atoms with Crippen molar-refractivity contribution < 1.29 is 24.2 Å². The van der Waals surface area contributed by atoms with Crippen LogP contribution in [-0.4, -0.2) is 53.9 Å². The van der Waals surface area contributed by atoms with E-state index in [2.05, 4.69) is 5.32 Å². The van der Waals surface area contributed by atoms with E-state index in [4.69, 9.17) is 21.1 Å². The van der Waals surface area contributed by atoms with Gasteiger partial charge in [0.15, 0.2) is 0 Å². The van der Waals surface area contributed by atoms with Gasteiger partial charge in [-0.25, -0.2) is 9.59 Å². The first kappa shape index (κ1) is 29.6. The largest absolute Gasteiger partial charge is 0.478 e. The number of amides is 2. The smallest absolute Gasteiger partial charge is 0.336 e. The topological polar surface area (TPSA) is 88.1 Å². The normalized spacial score (nSPS) is 16.9. The van der Waals surface area contributed by atoms with Gasteiger partial charge in [0, 0.05) is 23.8 Å². The van der Waals surface area contributed by atoms with Gasteiger partial charge >= 0.3 is 12.0 Å². The van der Waals surface area contributed by atoms with Crippen molar-refractivity contribution in [2.45, 2.75) is 57.8 Å². The molecule has 40 heavy (non-hydrogen) atoms. The Balaban J connectivity index is 1.29. The Labute approximate surface area is 241 Å². The van der Waals surface area contributed by atoms with E-state index in [9.17, 15) is 14.7 Å². The van der Waals surface area contributed by atoms with Crippen molar-refractivity contribution in [2.24, 2.45) is 0 Å². The minimum absolute atomic E-state index is 0.00305. The second-order valence-corrected chi connectivity index (χ2v) is 10.6. The predicted octanol–water partition coefficient (Wildman–Crippen LogP) is 6.97. The van der Waals surface area contributed by atoms with Crippen molar-refractivity contribution in [3.05, 3.63) is 100 Å². The van der Waals surface area contributed by atoms with Crippen molar-refractivity contribution in [2.75, 3.05) is 25.0 Å². The van der Waals surface area contributed by atoms with Gasteiger partial charge in [-0.05, 0) is 80.0 Å². The maximum atomic E-state index is 13.1. The molecule has 212 valence electrons. The van der Waals surface area contributed by atoms with Crippen LogP contribution in [0.5, 0.6) is 0 Å². The third kappa shape index (κ3) is 8.81. The number of aryl methyl sites for hydroxylation is 1. The lowest BCUT2D eigenvalue weighted by Crippen LogP contribution is -2.39. The minimum Gasteiger partial charge on any atom is -0.478 e. The summed E-state index contributed by atoms with van der Waals surface area (Å²) in [6.07, 6.45) is 4.32. The first-order chi connectivity index (χ1) is 19.4. The molecule has 8 heteroatoms. The number of nitrogens with zero attached hydrogens (tertiary/aromatic N) is 1. The zero-order valence-corrected chi connectivity index (χ0v) is 23.6. The summed E-state index contributed by atoms with van der Waals surface area (Å²) in [5.74, 6) is -0.932. The molecule has 3 aromatic rings. The molecule has 1 aliphatic rings. The highest BCUT2D eigenvalue weighted by atomic mass is 35.5. The molecule has 3 aromatic carbocycles. The summed E-state index contributed by atoms with van der Waals surface area (Å²) in [6.45, 7) is 3.48. The van der Waals surface area contributed by atoms with Gasteiger partial charge in [-0.3, -0.25) is 0 Å². The number of carboxylic acid groups (broad SMARTS) is 1. The lowest BCUT2D eigenvalue weighted by Gasteiger charge is -2.30. The van der Waals surface area contributed by atoms with Crippen LogP contribution in [0.2, 0.25) is 5.02 Å². The fraction of sp³-hybridized carbons (Fsp3) is 0.375. The van der Waals surface area contributed by atoms with Crippen LogP contribution in [0, 0.1) is 6.92 Å². The van der Waals surface area contributed by atoms with Gasteiger partial charge < -0.3 is 24.8 Å². The summed E-state index contributed by atoms with van der Waals surface area (Å²) in [7, 11) is 0. The Bertz CT molecular complexity index is 1250. The molecule has 1 saturated carbocycles. The number of halogens is 1. The molecule has 2 N–H and O–H groups in total. The highest BCUT2D eigenvalue weighted by Gasteiger charge is 2.24. The van der Waals surface area contributed by atoms with Crippen LogP contribution < -0.4 is 5.32 Å². The fourth-order valence-electron chi connectivity index (χ4n) is 5.05. The van der Waals surface area contributed by atoms with Crippen LogP contribution in [0.15, 0.2) is 72.8 Å². The number of nitrogens with one attached hydrogen (secondary N) is 1. The van der Waals surface area contributed by atoms with Gasteiger partial charge in [-0.2, -0.15) is 0 Å². The maximum Gasteiger partial charge on any atom is 0.336 e. The monoisotopic (exact) mass is 564 g/mol. The van der Waals surface area contributed by atoms with E-state index < -0.39 is 5.97 Å². The molecular weight excluding hydrogens is 528 g/mol. The van der Waals surface area contributed by atoms with Gasteiger partial charge in [0.2, 0.25) is 0 Å². The standard InChI is InChI=1S/C32H37ClN2O5/c1-23-7-5-8-25(30(23)31(36)37)22-40-29-12-6-11-28(21-29)39-20-19-35(18-17-24-13-15-26(33)16-14-24)32(38)34-27-9-3-2-4-10-27/h2-5,7-10,13-16,28-29H,6,11-12,17-22H2,1H3,(H,34,38)(H,36,37)/t28-,29?/m0/s1. The Morgan fingerprint density at radius 3 is 2.40 bits per heavy atom. The Morgan fingerprint density at radius 2 is 1.68 bits per heavy atom. The van der Waals surface area contributed by atoms with E-state index in [-0.39, 0.29) is 24.8 Å². The van der Waals surface area contributed by atoms with E-state index >= 15 is 0 Å². The number of hydrogen-bond donors (Lipinski definition) is 2. The average Bonchev–Trinajstić information content (AvgIpc) is 2.95. The van der Waals surface area contributed by atoms with E-state index in [0.29, 0.717) is 42.3 Å². The number of carbonyl (C=O) groups is 2. The molecule has 7 nitrogen and oxygen atoms in total. The molecule has 2 amide bonds. The number of benzene rings is 3. The Hall–Kier alpha value is -3.39. The number of hydrogen-bond acceptors (Lipinski definition) is 4. The molecule has 4 rings (SSSR count). The van der Waals surface area contributed by atoms with Gasteiger partial charge in [-0.15, -0.1) is 0 Å². The van der Waals surface area contributed by atoms with Crippen molar-refractivity contribution in [3.63, 3.8) is 0 Å². The third-order valence-corrected chi connectivity index (χ3v) is 7.49. The summed E-state index contributed by atoms with van der Waals surface area (Å²) >= 11 is 6.02. The highest BCUT2D eigenvalue weighted by Crippen LogP contribution is 2.25. The highest BCUT2D eigenvalue weighted by molar-refractivity contribution is 6.30. The van der Waals surface area contributed by atoms with Crippen molar-refractivity contribution in [3.8, 4) is 0 Å². The number of aromatic carboxylic acids is 1. The van der Waals surface area contributed by atoms with Crippen molar-refractivity contribution in [1.82, 2.24) is 4.90 Å². The zero-order chi connectivity index (χ0) is 28.3. The Kier molecular flexibility index (Phi) is 11.0. The lowest BCUT2D eigenvalue weighted by atomic mass is 9.94. The second kappa shape index (κ2) is 14.8. The molecule has 0 bridgehead atoms. The quantitative estimate of drug-likeness (QED) is 0.248. The molecular formula is C32H37ClN2O5. The first-order valence-electron chi connectivity index (χ1n) is 13.8.